The second kappa shape index (κ2) is 8.85. The van der Waals surface area contributed by atoms with Crippen LogP contribution in [0.5, 0.6) is 5.75 Å². The molecule has 0 amide bonds. The lowest BCUT2D eigenvalue weighted by Gasteiger charge is -2.06. The van der Waals surface area contributed by atoms with Crippen LogP contribution in [0.15, 0.2) is 52.1 Å². The molecule has 0 atom stereocenters. The number of ether oxygens (including phenoxy) is 1. The molecule has 0 aliphatic carbocycles. The Morgan fingerprint density at radius 1 is 1.25 bits per heavy atom. The molecule has 28 heavy (non-hydrogen) atoms. The maximum Gasteiger partial charge on any atom is 0.277 e. The van der Waals surface area contributed by atoms with Gasteiger partial charge >= 0.3 is 0 Å². The summed E-state index contributed by atoms with van der Waals surface area (Å²) in [5, 5.41) is 19.3. The first-order valence-corrected chi connectivity index (χ1v) is 9.40. The van der Waals surface area contributed by atoms with Gasteiger partial charge in [0.1, 0.15) is 5.75 Å². The van der Waals surface area contributed by atoms with Crippen molar-refractivity contribution >= 4 is 34.8 Å². The molecule has 8 nitrogen and oxygen atoms in total. The van der Waals surface area contributed by atoms with E-state index >= 15 is 0 Å². The zero-order valence-electron chi connectivity index (χ0n) is 14.6. The maximum atomic E-state index is 12.2. The van der Waals surface area contributed by atoms with Crippen LogP contribution in [0.4, 0.5) is 5.69 Å². The van der Waals surface area contributed by atoms with Crippen LogP contribution in [0, 0.1) is 17.0 Å². The van der Waals surface area contributed by atoms with Gasteiger partial charge in [-0.2, -0.15) is 0 Å². The predicted octanol–water partition coefficient (Wildman–Crippen LogP) is 4.49. The minimum atomic E-state index is -0.517. The van der Waals surface area contributed by atoms with Crippen LogP contribution in [0.3, 0.4) is 0 Å². The van der Waals surface area contributed by atoms with Gasteiger partial charge < -0.3 is 9.15 Å². The topological polar surface area (TPSA) is 108 Å². The number of carbonyl (C=O) groups excluding carboxylic acids is 1. The van der Waals surface area contributed by atoms with Crippen molar-refractivity contribution in [3.05, 3.63) is 74.6 Å². The Bertz CT molecular complexity index is 1010. The normalized spacial score (nSPS) is 10.6. The fraction of sp³-hybridized carbons (Fsp3) is 0.167. The van der Waals surface area contributed by atoms with E-state index in [4.69, 9.17) is 20.8 Å². The van der Waals surface area contributed by atoms with E-state index in [9.17, 15) is 14.9 Å². The molecule has 0 spiro atoms. The van der Waals surface area contributed by atoms with E-state index in [2.05, 4.69) is 10.2 Å². The van der Waals surface area contributed by atoms with Crippen LogP contribution < -0.4 is 4.74 Å². The number of Topliss-reactive ketones (excluding diaryl/α,β-unsaturated/α-hetero) is 1. The number of benzene rings is 2. The third-order valence-corrected chi connectivity index (χ3v) is 4.72. The third-order valence-electron chi connectivity index (χ3n) is 3.66. The molecule has 1 aromatic heterocycles. The van der Waals surface area contributed by atoms with Crippen molar-refractivity contribution in [3.8, 4) is 5.75 Å². The van der Waals surface area contributed by atoms with Crippen molar-refractivity contribution in [2.24, 2.45) is 0 Å². The molecule has 2 aromatic carbocycles. The summed E-state index contributed by atoms with van der Waals surface area (Å²) in [6.45, 7) is 1.96. The molecule has 0 saturated carbocycles. The predicted molar refractivity (Wildman–Crippen MR) is 103 cm³/mol. The Kier molecular flexibility index (Phi) is 6.27. The third kappa shape index (κ3) is 5.08. The van der Waals surface area contributed by atoms with E-state index in [0.29, 0.717) is 16.3 Å². The van der Waals surface area contributed by atoms with Gasteiger partial charge in [-0.05, 0) is 42.8 Å². The number of aryl methyl sites for hydroxylation is 1. The van der Waals surface area contributed by atoms with Crippen LogP contribution in [-0.2, 0) is 6.61 Å². The Morgan fingerprint density at radius 2 is 2.00 bits per heavy atom. The largest absolute Gasteiger partial charge is 0.484 e. The molecule has 0 unspecified atom stereocenters. The van der Waals surface area contributed by atoms with Crippen LogP contribution in [-0.4, -0.2) is 26.7 Å². The Balaban J connectivity index is 1.52. The number of non-ortho nitro benzene ring substituents is 1. The van der Waals surface area contributed by atoms with Crippen molar-refractivity contribution in [2.45, 2.75) is 18.8 Å². The number of rotatable bonds is 8. The average molecular weight is 420 g/mol. The highest BCUT2D eigenvalue weighted by Crippen LogP contribution is 2.24. The quantitative estimate of drug-likeness (QED) is 0.227. The molecule has 0 saturated heterocycles. The number of nitro benzene ring substituents is 1. The molecule has 144 valence electrons. The Morgan fingerprint density at radius 3 is 2.68 bits per heavy atom. The van der Waals surface area contributed by atoms with E-state index in [1.54, 1.807) is 18.2 Å². The summed E-state index contributed by atoms with van der Waals surface area (Å²) < 4.78 is 11.1. The second-order valence-corrected chi connectivity index (χ2v) is 7.04. The van der Waals surface area contributed by atoms with E-state index in [1.807, 2.05) is 6.92 Å². The number of halogens is 1. The van der Waals surface area contributed by atoms with Gasteiger partial charge in [0.25, 0.3) is 16.8 Å². The number of carbonyl (C=O) groups is 1. The van der Waals surface area contributed by atoms with Gasteiger partial charge in [-0.15, -0.1) is 10.2 Å². The highest BCUT2D eigenvalue weighted by molar-refractivity contribution is 7.99. The molecule has 3 aromatic rings. The maximum absolute atomic E-state index is 12.2. The molecule has 0 radical (unpaired) electrons. The van der Waals surface area contributed by atoms with Gasteiger partial charge in [-0.1, -0.05) is 23.4 Å². The highest BCUT2D eigenvalue weighted by atomic mass is 35.5. The summed E-state index contributed by atoms with van der Waals surface area (Å²) in [6.07, 6.45) is 0. The highest BCUT2D eigenvalue weighted by Gasteiger charge is 2.13. The monoisotopic (exact) mass is 419 g/mol. The SMILES string of the molecule is Cc1cc(Cl)ccc1OCc1nnc(SCC(=O)c2ccc([N+](=O)[O-])cc2)o1. The number of nitrogens with zero attached hydrogens (tertiary/aromatic N) is 3. The van der Waals surface area contributed by atoms with Crippen LogP contribution in [0.2, 0.25) is 5.02 Å². The molecular formula is C18H14ClN3O5S. The minimum absolute atomic E-state index is 0.0661. The van der Waals surface area contributed by atoms with Crippen LogP contribution in [0.25, 0.3) is 0 Å². The molecule has 1 heterocycles. The fourth-order valence-electron chi connectivity index (χ4n) is 2.25. The van der Waals surface area contributed by atoms with Gasteiger partial charge in [0.2, 0.25) is 0 Å². The molecule has 3 rings (SSSR count). The molecule has 0 bridgehead atoms. The number of thioether (sulfide) groups is 1. The summed E-state index contributed by atoms with van der Waals surface area (Å²) in [5.41, 5.74) is 1.19. The number of ketones is 1. The standard InChI is InChI=1S/C18H14ClN3O5S/c1-11-8-13(19)4-7-16(11)26-9-17-20-21-18(27-17)28-10-15(23)12-2-5-14(6-3-12)22(24)25/h2-8H,9-10H2,1H3. The smallest absolute Gasteiger partial charge is 0.277 e. The molecule has 10 heteroatoms. The lowest BCUT2D eigenvalue weighted by Crippen LogP contribution is -2.02. The summed E-state index contributed by atoms with van der Waals surface area (Å²) in [4.78, 5) is 22.3. The Hall–Kier alpha value is -2.91. The Labute approximate surface area is 169 Å². The van der Waals surface area contributed by atoms with Crippen LogP contribution >= 0.6 is 23.4 Å². The van der Waals surface area contributed by atoms with E-state index in [1.165, 1.54) is 24.3 Å². The van der Waals surface area contributed by atoms with E-state index < -0.39 is 4.92 Å². The molecule has 0 N–H and O–H groups in total. The van der Waals surface area contributed by atoms with Crippen LogP contribution in [0.1, 0.15) is 21.8 Å². The van der Waals surface area contributed by atoms with E-state index in [0.717, 1.165) is 17.3 Å². The van der Waals surface area contributed by atoms with Gasteiger partial charge in [0.05, 0.1) is 10.7 Å². The summed E-state index contributed by atoms with van der Waals surface area (Å²) in [7, 11) is 0. The fourth-order valence-corrected chi connectivity index (χ4v) is 3.15. The van der Waals surface area contributed by atoms with Crippen molar-refractivity contribution < 1.29 is 18.9 Å². The molecule has 0 fully saturated rings. The first kappa shape index (κ1) is 19.8. The first-order valence-electron chi connectivity index (χ1n) is 8.04. The number of hydrogen-bond acceptors (Lipinski definition) is 8. The molecule has 0 aliphatic heterocycles. The van der Waals surface area contributed by atoms with Crippen molar-refractivity contribution in [2.75, 3.05) is 5.75 Å². The summed E-state index contributed by atoms with van der Waals surface area (Å²) >= 11 is 6.99. The van der Waals surface area contributed by atoms with Gasteiger partial charge in [-0.3, -0.25) is 14.9 Å². The molecular weight excluding hydrogens is 406 g/mol. The summed E-state index contributed by atoms with van der Waals surface area (Å²) in [5.74, 6) is 0.800. The van der Waals surface area contributed by atoms with Crippen molar-refractivity contribution in [1.82, 2.24) is 10.2 Å². The number of nitro groups is 1. The number of hydrogen-bond donors (Lipinski definition) is 0. The lowest BCUT2D eigenvalue weighted by molar-refractivity contribution is -0.384. The minimum Gasteiger partial charge on any atom is -0.484 e. The van der Waals surface area contributed by atoms with Gasteiger partial charge in [-0.25, -0.2) is 0 Å². The van der Waals surface area contributed by atoms with E-state index in [-0.39, 0.29) is 34.9 Å². The second-order valence-electron chi connectivity index (χ2n) is 5.68. The summed E-state index contributed by atoms with van der Waals surface area (Å²) in [6, 6.07) is 10.7. The average Bonchev–Trinajstić information content (AvgIpc) is 3.13. The number of aromatic nitrogens is 2. The van der Waals surface area contributed by atoms with Gasteiger partial charge in [0, 0.05) is 22.7 Å². The zero-order chi connectivity index (χ0) is 20.1. The lowest BCUT2D eigenvalue weighted by atomic mass is 10.1. The molecule has 0 aliphatic rings. The van der Waals surface area contributed by atoms with Gasteiger partial charge in [0.15, 0.2) is 12.4 Å². The first-order chi connectivity index (χ1) is 13.4. The van der Waals surface area contributed by atoms with Crippen molar-refractivity contribution in [3.63, 3.8) is 0 Å². The van der Waals surface area contributed by atoms with Crippen molar-refractivity contribution in [1.29, 1.82) is 0 Å². The zero-order valence-corrected chi connectivity index (χ0v) is 16.2.